The SMILES string of the molecule is CSC(N)=[N+](C1(C)CCCCC1)C1(C)CCCCC1.[I-]. The lowest BCUT2D eigenvalue weighted by Gasteiger charge is -2.45. The summed E-state index contributed by atoms with van der Waals surface area (Å²) < 4.78 is 2.64. The fourth-order valence-electron chi connectivity index (χ4n) is 4.35. The summed E-state index contributed by atoms with van der Waals surface area (Å²) in [5.74, 6) is 0. The Morgan fingerprint density at radius 3 is 1.50 bits per heavy atom. The first-order valence-electron chi connectivity index (χ1n) is 7.99. The Labute approximate surface area is 146 Å². The van der Waals surface area contributed by atoms with Gasteiger partial charge in [0.25, 0.3) is 0 Å². The Bertz CT molecular complexity index is 316. The topological polar surface area (TPSA) is 29.0 Å². The molecule has 118 valence electrons. The number of amidine groups is 1. The van der Waals surface area contributed by atoms with E-state index in [0.29, 0.717) is 0 Å². The van der Waals surface area contributed by atoms with Crippen molar-refractivity contribution in [2.75, 3.05) is 6.26 Å². The highest BCUT2D eigenvalue weighted by atomic mass is 127. The highest BCUT2D eigenvalue weighted by Crippen LogP contribution is 2.40. The fraction of sp³-hybridized carbons (Fsp3) is 0.938. The van der Waals surface area contributed by atoms with Gasteiger partial charge in [0, 0.05) is 0 Å². The van der Waals surface area contributed by atoms with Crippen LogP contribution in [0.1, 0.15) is 78.1 Å². The van der Waals surface area contributed by atoms with Crippen molar-refractivity contribution in [3.05, 3.63) is 0 Å². The monoisotopic (exact) mass is 410 g/mol. The van der Waals surface area contributed by atoms with Gasteiger partial charge in [-0.15, -0.1) is 0 Å². The molecule has 0 bridgehead atoms. The molecule has 0 aromatic heterocycles. The zero-order valence-corrected chi connectivity index (χ0v) is 16.4. The van der Waals surface area contributed by atoms with Crippen LogP contribution in [0.4, 0.5) is 0 Å². The molecule has 2 fully saturated rings. The fourth-order valence-corrected chi connectivity index (χ4v) is 4.97. The van der Waals surface area contributed by atoms with Crippen LogP contribution in [0.25, 0.3) is 0 Å². The van der Waals surface area contributed by atoms with Gasteiger partial charge in [-0.3, -0.25) is 5.73 Å². The maximum absolute atomic E-state index is 6.45. The number of nitrogens with zero attached hydrogens (tertiary/aromatic N) is 1. The summed E-state index contributed by atoms with van der Waals surface area (Å²) in [6, 6.07) is 0. The van der Waals surface area contributed by atoms with Gasteiger partial charge >= 0.3 is 5.17 Å². The number of halogens is 1. The van der Waals surface area contributed by atoms with Gasteiger partial charge in [-0.1, -0.05) is 12.8 Å². The number of rotatable bonds is 2. The summed E-state index contributed by atoms with van der Waals surface area (Å²) in [5.41, 5.74) is 7.03. The Morgan fingerprint density at radius 1 is 0.850 bits per heavy atom. The Morgan fingerprint density at radius 2 is 1.20 bits per heavy atom. The predicted octanol–water partition coefficient (Wildman–Crippen LogP) is 1.13. The van der Waals surface area contributed by atoms with Crippen molar-refractivity contribution in [1.29, 1.82) is 0 Å². The first-order valence-corrected chi connectivity index (χ1v) is 9.21. The van der Waals surface area contributed by atoms with E-state index in [9.17, 15) is 0 Å². The highest BCUT2D eigenvalue weighted by Gasteiger charge is 2.46. The summed E-state index contributed by atoms with van der Waals surface area (Å²) in [7, 11) is 0. The van der Waals surface area contributed by atoms with Gasteiger partial charge in [0.15, 0.2) is 0 Å². The van der Waals surface area contributed by atoms with Crippen LogP contribution < -0.4 is 29.7 Å². The summed E-state index contributed by atoms with van der Waals surface area (Å²) in [6.07, 6.45) is 15.6. The minimum atomic E-state index is 0. The van der Waals surface area contributed by atoms with E-state index < -0.39 is 0 Å². The standard InChI is InChI=1S/C16H30N2S.HI/c1-15(10-6-4-7-11-15)18(14(17)19-3)16(2)12-8-5-9-13-16;/h17H,4-13H2,1-3H3;1H. The second-order valence-electron chi connectivity index (χ2n) is 6.99. The number of thioether (sulfide) groups is 1. The van der Waals surface area contributed by atoms with Crippen molar-refractivity contribution in [3.63, 3.8) is 0 Å². The average Bonchev–Trinajstić information content (AvgIpc) is 2.39. The molecule has 0 aromatic carbocycles. The van der Waals surface area contributed by atoms with Gasteiger partial charge in [0.1, 0.15) is 11.1 Å². The summed E-state index contributed by atoms with van der Waals surface area (Å²) in [5, 5.41) is 1.05. The third-order valence-electron chi connectivity index (χ3n) is 5.37. The minimum Gasteiger partial charge on any atom is -1.00 e. The largest absolute Gasteiger partial charge is 1.00 e. The van der Waals surface area contributed by atoms with E-state index in [2.05, 4.69) is 24.7 Å². The first-order chi connectivity index (χ1) is 9.02. The van der Waals surface area contributed by atoms with Crippen LogP contribution >= 0.6 is 11.8 Å². The maximum Gasteiger partial charge on any atom is 0.304 e. The van der Waals surface area contributed by atoms with E-state index in [4.69, 9.17) is 5.73 Å². The molecule has 2 N–H and O–H groups in total. The van der Waals surface area contributed by atoms with E-state index in [-0.39, 0.29) is 35.1 Å². The summed E-state index contributed by atoms with van der Waals surface area (Å²) in [4.78, 5) is 0. The summed E-state index contributed by atoms with van der Waals surface area (Å²) in [6.45, 7) is 4.91. The molecule has 0 radical (unpaired) electrons. The van der Waals surface area contributed by atoms with Crippen LogP contribution in [0.5, 0.6) is 0 Å². The molecule has 0 aromatic rings. The second-order valence-corrected chi connectivity index (χ2v) is 7.82. The van der Waals surface area contributed by atoms with Crippen LogP contribution in [0.2, 0.25) is 0 Å². The van der Waals surface area contributed by atoms with E-state index in [1.807, 2.05) is 0 Å². The van der Waals surface area contributed by atoms with Gasteiger partial charge in [-0.05, 0) is 83.2 Å². The molecule has 2 aliphatic rings. The van der Waals surface area contributed by atoms with E-state index >= 15 is 0 Å². The third kappa shape index (κ3) is 3.84. The molecule has 2 saturated carbocycles. The number of hydrogen-bond donors (Lipinski definition) is 1. The highest BCUT2D eigenvalue weighted by molar-refractivity contribution is 8.12. The molecule has 2 rings (SSSR count). The Kier molecular flexibility index (Phi) is 7.16. The van der Waals surface area contributed by atoms with E-state index in [0.717, 1.165) is 5.17 Å². The molecule has 0 aliphatic heterocycles. The van der Waals surface area contributed by atoms with Crippen molar-refractivity contribution in [3.8, 4) is 0 Å². The van der Waals surface area contributed by atoms with E-state index in [1.165, 1.54) is 64.2 Å². The number of hydrogen-bond acceptors (Lipinski definition) is 1. The van der Waals surface area contributed by atoms with Crippen molar-refractivity contribution in [2.24, 2.45) is 5.73 Å². The lowest BCUT2D eigenvalue weighted by molar-refractivity contribution is -0.676. The predicted molar refractivity (Wildman–Crippen MR) is 85.9 cm³/mol. The van der Waals surface area contributed by atoms with Gasteiger partial charge < -0.3 is 24.0 Å². The van der Waals surface area contributed by atoms with Crippen LogP contribution in [-0.2, 0) is 0 Å². The number of nitrogens with two attached hydrogens (primary N) is 1. The molecule has 20 heavy (non-hydrogen) atoms. The molecule has 0 amide bonds. The molecule has 2 aliphatic carbocycles. The van der Waals surface area contributed by atoms with Crippen LogP contribution in [-0.4, -0.2) is 27.1 Å². The Hall–Kier alpha value is 0.550. The van der Waals surface area contributed by atoms with Gasteiger partial charge in [0.05, 0.1) is 0 Å². The van der Waals surface area contributed by atoms with Crippen molar-refractivity contribution in [2.45, 2.75) is 89.1 Å². The van der Waals surface area contributed by atoms with Gasteiger partial charge in [0.2, 0.25) is 0 Å². The molecule has 0 spiro atoms. The molecule has 0 saturated heterocycles. The molecule has 0 unspecified atom stereocenters. The van der Waals surface area contributed by atoms with Crippen molar-refractivity contribution < 1.29 is 28.6 Å². The lowest BCUT2D eigenvalue weighted by Crippen LogP contribution is -3.00. The smallest absolute Gasteiger partial charge is 0.304 e. The Balaban J connectivity index is 0.00000200. The normalized spacial score (nSPS) is 24.6. The summed E-state index contributed by atoms with van der Waals surface area (Å²) >= 11 is 1.74. The van der Waals surface area contributed by atoms with Crippen LogP contribution in [0, 0.1) is 0 Å². The van der Waals surface area contributed by atoms with Crippen LogP contribution in [0.15, 0.2) is 0 Å². The third-order valence-corrected chi connectivity index (χ3v) is 5.97. The average molecular weight is 410 g/mol. The molecular formula is C16H31IN2S. The quantitative estimate of drug-likeness (QED) is 0.320. The second kappa shape index (κ2) is 7.70. The zero-order chi connectivity index (χ0) is 13.9. The zero-order valence-electron chi connectivity index (χ0n) is 13.4. The molecule has 0 atom stereocenters. The molecule has 2 nitrogen and oxygen atoms in total. The lowest BCUT2D eigenvalue weighted by atomic mass is 9.76. The molecular weight excluding hydrogens is 379 g/mol. The van der Waals surface area contributed by atoms with Gasteiger partial charge in [-0.25, -0.2) is 4.58 Å². The minimum absolute atomic E-state index is 0. The molecule has 4 heteroatoms. The van der Waals surface area contributed by atoms with Crippen LogP contribution in [0.3, 0.4) is 0 Å². The van der Waals surface area contributed by atoms with Gasteiger partial charge in [-0.2, -0.15) is 0 Å². The maximum atomic E-state index is 6.45. The van der Waals surface area contributed by atoms with E-state index in [1.54, 1.807) is 11.8 Å². The van der Waals surface area contributed by atoms with Crippen molar-refractivity contribution >= 4 is 16.9 Å². The first kappa shape index (κ1) is 18.6. The van der Waals surface area contributed by atoms with Crippen molar-refractivity contribution in [1.82, 2.24) is 0 Å². The molecule has 0 heterocycles.